The summed E-state index contributed by atoms with van der Waals surface area (Å²) in [7, 11) is 0. The summed E-state index contributed by atoms with van der Waals surface area (Å²) in [4.78, 5) is 0. The molecule has 1 aromatic heterocycles. The smallest absolute Gasteiger partial charge is 0.213 e. The van der Waals surface area contributed by atoms with Gasteiger partial charge in [0.25, 0.3) is 0 Å². The zero-order chi connectivity index (χ0) is 10.0. The van der Waals surface area contributed by atoms with Crippen LogP contribution in [-0.4, -0.2) is 15.7 Å². The lowest BCUT2D eigenvalue weighted by atomic mass is 10.1. The zero-order valence-corrected chi connectivity index (χ0v) is 9.61. The van der Waals surface area contributed by atoms with E-state index in [0.717, 1.165) is 24.2 Å². The highest BCUT2D eigenvalue weighted by Crippen LogP contribution is 2.14. The summed E-state index contributed by atoms with van der Waals surface area (Å²) in [6.45, 7) is 6.04. The maximum atomic E-state index is 7.30. The third-order valence-electron chi connectivity index (χ3n) is 2.17. The minimum atomic E-state index is -0.0112. The van der Waals surface area contributed by atoms with Crippen molar-refractivity contribution in [2.75, 3.05) is 0 Å². The number of nitrogens with two attached hydrogens (primary N) is 1. The standard InChI is InChI=1S/C9H16N4.ClH/c1-4-5-8-6(2)12-13(7(8)3)9(10)11;/h4-5H2,1-3H3,(H3,10,11);1H. The fraction of sp³-hybridized carbons (Fsp3) is 0.556. The fourth-order valence-corrected chi connectivity index (χ4v) is 1.52. The zero-order valence-electron chi connectivity index (χ0n) is 8.79. The molecule has 0 saturated carbocycles. The Labute approximate surface area is 90.4 Å². The van der Waals surface area contributed by atoms with Crippen molar-refractivity contribution in [3.63, 3.8) is 0 Å². The highest BCUT2D eigenvalue weighted by atomic mass is 35.5. The first-order valence-corrected chi connectivity index (χ1v) is 4.47. The summed E-state index contributed by atoms with van der Waals surface area (Å²) in [5.74, 6) is -0.0112. The van der Waals surface area contributed by atoms with Crippen LogP contribution in [0.5, 0.6) is 0 Å². The molecule has 0 aliphatic heterocycles. The van der Waals surface area contributed by atoms with Crippen molar-refractivity contribution in [2.24, 2.45) is 5.73 Å². The third-order valence-corrected chi connectivity index (χ3v) is 2.17. The van der Waals surface area contributed by atoms with Crippen LogP contribution in [0.4, 0.5) is 0 Å². The van der Waals surface area contributed by atoms with E-state index in [9.17, 15) is 0 Å². The number of hydrogen-bond donors (Lipinski definition) is 2. The molecule has 0 spiro atoms. The Balaban J connectivity index is 0.00000169. The van der Waals surface area contributed by atoms with E-state index in [4.69, 9.17) is 11.1 Å². The lowest BCUT2D eigenvalue weighted by Gasteiger charge is -2.00. The normalized spacial score (nSPS) is 9.64. The molecule has 0 atom stereocenters. The van der Waals surface area contributed by atoms with Crippen molar-refractivity contribution in [3.8, 4) is 0 Å². The molecule has 0 bridgehead atoms. The average Bonchev–Trinajstić information content (AvgIpc) is 2.32. The van der Waals surface area contributed by atoms with E-state index in [0.29, 0.717) is 0 Å². The topological polar surface area (TPSA) is 67.7 Å². The van der Waals surface area contributed by atoms with Crippen LogP contribution >= 0.6 is 12.4 Å². The Bertz CT molecular complexity index is 330. The van der Waals surface area contributed by atoms with E-state index >= 15 is 0 Å². The van der Waals surface area contributed by atoms with Crippen molar-refractivity contribution >= 4 is 18.4 Å². The van der Waals surface area contributed by atoms with Crippen LogP contribution in [0.25, 0.3) is 0 Å². The quantitative estimate of drug-likeness (QED) is 0.583. The molecule has 1 aromatic rings. The molecule has 0 aromatic carbocycles. The van der Waals surface area contributed by atoms with E-state index in [-0.39, 0.29) is 18.4 Å². The number of rotatable bonds is 2. The summed E-state index contributed by atoms with van der Waals surface area (Å²) in [5, 5.41) is 11.5. The van der Waals surface area contributed by atoms with Crippen molar-refractivity contribution in [1.29, 1.82) is 5.41 Å². The number of nitrogens with zero attached hydrogens (tertiary/aromatic N) is 2. The van der Waals surface area contributed by atoms with Gasteiger partial charge in [-0.15, -0.1) is 12.4 Å². The van der Waals surface area contributed by atoms with E-state index in [1.54, 1.807) is 0 Å². The molecule has 5 heteroatoms. The second-order valence-electron chi connectivity index (χ2n) is 3.20. The molecule has 4 nitrogen and oxygen atoms in total. The third kappa shape index (κ3) is 2.26. The summed E-state index contributed by atoms with van der Waals surface area (Å²) >= 11 is 0. The van der Waals surface area contributed by atoms with Gasteiger partial charge >= 0.3 is 0 Å². The number of aryl methyl sites for hydroxylation is 1. The molecule has 80 valence electrons. The SMILES string of the molecule is CCCc1c(C)nn(C(=N)N)c1C.Cl. The largest absolute Gasteiger partial charge is 0.368 e. The second kappa shape index (κ2) is 5.00. The molecule has 0 aliphatic carbocycles. The minimum Gasteiger partial charge on any atom is -0.368 e. The van der Waals surface area contributed by atoms with Crippen LogP contribution in [0.15, 0.2) is 0 Å². The maximum Gasteiger partial charge on any atom is 0.213 e. The molecular weight excluding hydrogens is 200 g/mol. The van der Waals surface area contributed by atoms with Gasteiger partial charge in [0.15, 0.2) is 0 Å². The molecule has 0 radical (unpaired) electrons. The van der Waals surface area contributed by atoms with E-state index < -0.39 is 0 Å². The van der Waals surface area contributed by atoms with E-state index in [1.807, 2.05) is 13.8 Å². The van der Waals surface area contributed by atoms with Gasteiger partial charge in [-0.25, -0.2) is 4.68 Å². The Hall–Kier alpha value is -1.03. The molecule has 0 unspecified atom stereocenters. The van der Waals surface area contributed by atoms with Crippen LogP contribution in [0.1, 0.15) is 30.3 Å². The first kappa shape index (κ1) is 13.0. The lowest BCUT2D eigenvalue weighted by Crippen LogP contribution is -2.23. The molecule has 1 heterocycles. The summed E-state index contributed by atoms with van der Waals surface area (Å²) in [6, 6.07) is 0. The van der Waals surface area contributed by atoms with E-state index in [1.165, 1.54) is 10.2 Å². The Morgan fingerprint density at radius 2 is 2.07 bits per heavy atom. The predicted molar refractivity (Wildman–Crippen MR) is 60.3 cm³/mol. The highest BCUT2D eigenvalue weighted by molar-refractivity contribution is 5.85. The molecule has 0 saturated heterocycles. The molecule has 0 aliphatic rings. The number of halogens is 1. The molecular formula is C9H17ClN4. The van der Waals surface area contributed by atoms with Crippen LogP contribution in [-0.2, 0) is 6.42 Å². The van der Waals surface area contributed by atoms with Gasteiger partial charge in [0, 0.05) is 5.69 Å². The Kier molecular flexibility index (Phi) is 4.63. The van der Waals surface area contributed by atoms with Crippen molar-refractivity contribution in [1.82, 2.24) is 9.78 Å². The summed E-state index contributed by atoms with van der Waals surface area (Å²) < 4.78 is 1.49. The van der Waals surface area contributed by atoms with Gasteiger partial charge in [-0.3, -0.25) is 5.41 Å². The Morgan fingerprint density at radius 1 is 1.50 bits per heavy atom. The summed E-state index contributed by atoms with van der Waals surface area (Å²) in [6.07, 6.45) is 2.09. The van der Waals surface area contributed by atoms with Crippen LogP contribution in [0.3, 0.4) is 0 Å². The molecule has 1 rings (SSSR count). The molecule has 0 fully saturated rings. The molecule has 3 N–H and O–H groups in total. The molecule has 14 heavy (non-hydrogen) atoms. The van der Waals surface area contributed by atoms with Gasteiger partial charge in [0.2, 0.25) is 5.96 Å². The first-order valence-electron chi connectivity index (χ1n) is 4.47. The minimum absolute atomic E-state index is 0. The van der Waals surface area contributed by atoms with Crippen LogP contribution in [0, 0.1) is 19.3 Å². The second-order valence-corrected chi connectivity index (χ2v) is 3.20. The van der Waals surface area contributed by atoms with Gasteiger partial charge in [0.1, 0.15) is 0 Å². The first-order chi connectivity index (χ1) is 6.07. The van der Waals surface area contributed by atoms with Crippen molar-refractivity contribution in [3.05, 3.63) is 17.0 Å². The van der Waals surface area contributed by atoms with Crippen molar-refractivity contribution in [2.45, 2.75) is 33.6 Å². The molecule has 0 amide bonds. The maximum absolute atomic E-state index is 7.30. The lowest BCUT2D eigenvalue weighted by molar-refractivity contribution is 0.859. The summed E-state index contributed by atoms with van der Waals surface area (Å²) in [5.41, 5.74) is 8.57. The van der Waals surface area contributed by atoms with Crippen molar-refractivity contribution < 1.29 is 0 Å². The van der Waals surface area contributed by atoms with Gasteiger partial charge < -0.3 is 5.73 Å². The van der Waals surface area contributed by atoms with E-state index in [2.05, 4.69) is 12.0 Å². The van der Waals surface area contributed by atoms with Gasteiger partial charge in [-0.1, -0.05) is 13.3 Å². The number of nitrogens with one attached hydrogen (secondary N) is 1. The average molecular weight is 217 g/mol. The van der Waals surface area contributed by atoms with Gasteiger partial charge in [-0.05, 0) is 25.8 Å². The number of hydrogen-bond acceptors (Lipinski definition) is 2. The van der Waals surface area contributed by atoms with Crippen LogP contribution in [0.2, 0.25) is 0 Å². The van der Waals surface area contributed by atoms with Crippen LogP contribution < -0.4 is 5.73 Å². The monoisotopic (exact) mass is 216 g/mol. The highest BCUT2D eigenvalue weighted by Gasteiger charge is 2.11. The number of aromatic nitrogens is 2. The van der Waals surface area contributed by atoms with Gasteiger partial charge in [-0.2, -0.15) is 5.10 Å². The fourth-order valence-electron chi connectivity index (χ4n) is 1.52. The number of nitrogen functional groups attached to an aromatic ring is 1. The van der Waals surface area contributed by atoms with Gasteiger partial charge in [0.05, 0.1) is 5.69 Å². The predicted octanol–water partition coefficient (Wildman–Crippen LogP) is 1.62. The Morgan fingerprint density at radius 3 is 2.43 bits per heavy atom.